The van der Waals surface area contributed by atoms with E-state index in [9.17, 15) is 14.0 Å². The molecule has 1 heterocycles. The fourth-order valence-electron chi connectivity index (χ4n) is 3.44. The lowest BCUT2D eigenvalue weighted by Crippen LogP contribution is -2.42. The van der Waals surface area contributed by atoms with Crippen molar-refractivity contribution in [3.05, 3.63) is 75.5 Å². The Morgan fingerprint density at radius 1 is 1.13 bits per heavy atom. The Balaban J connectivity index is 1.44. The number of piperidine rings is 1. The molecule has 0 bridgehead atoms. The van der Waals surface area contributed by atoms with E-state index >= 15 is 0 Å². The maximum Gasteiger partial charge on any atom is 0.246 e. The number of hydrogen-bond acceptors (Lipinski definition) is 2. The summed E-state index contributed by atoms with van der Waals surface area (Å²) in [5.74, 6) is -0.559. The van der Waals surface area contributed by atoms with Gasteiger partial charge in [-0.15, -0.1) is 0 Å². The van der Waals surface area contributed by atoms with Crippen LogP contribution in [0, 0.1) is 11.7 Å². The third kappa shape index (κ3) is 6.07. The maximum absolute atomic E-state index is 13.6. The Hall–Kier alpha value is -2.37. The Labute approximate surface area is 185 Å². The fraction of sp³-hybridized carbons (Fsp3) is 0.304. The molecule has 2 aromatic carbocycles. The first-order valence-corrected chi connectivity index (χ1v) is 10.6. The molecule has 0 aromatic heterocycles. The number of carbonyl (C=O) groups is 2. The van der Waals surface area contributed by atoms with Crippen molar-refractivity contribution in [1.82, 2.24) is 10.2 Å². The second-order valence-corrected chi connectivity index (χ2v) is 8.07. The lowest BCUT2D eigenvalue weighted by atomic mass is 9.95. The number of carbonyl (C=O) groups excluding carboxylic acids is 2. The zero-order chi connectivity index (χ0) is 21.5. The molecule has 2 aromatic rings. The van der Waals surface area contributed by atoms with Crippen LogP contribution in [-0.2, 0) is 16.0 Å². The number of benzene rings is 2. The number of likely N-dealkylation sites (tertiary alicyclic amines) is 1. The van der Waals surface area contributed by atoms with E-state index in [1.54, 1.807) is 47.4 Å². The lowest BCUT2D eigenvalue weighted by molar-refractivity contribution is -0.132. The SMILES string of the molecule is O=C(NCCc1ccccc1F)C1CCN(C(=O)C=Cc2cc(Cl)ccc2Cl)CC1. The highest BCUT2D eigenvalue weighted by atomic mass is 35.5. The highest BCUT2D eigenvalue weighted by Gasteiger charge is 2.26. The van der Waals surface area contributed by atoms with Gasteiger partial charge in [0.1, 0.15) is 5.82 Å². The summed E-state index contributed by atoms with van der Waals surface area (Å²) < 4.78 is 13.6. The van der Waals surface area contributed by atoms with Crippen molar-refractivity contribution in [3.8, 4) is 0 Å². The quantitative estimate of drug-likeness (QED) is 0.648. The summed E-state index contributed by atoms with van der Waals surface area (Å²) in [5.41, 5.74) is 1.27. The topological polar surface area (TPSA) is 49.4 Å². The van der Waals surface area contributed by atoms with E-state index in [0.29, 0.717) is 60.1 Å². The predicted octanol–water partition coefficient (Wildman–Crippen LogP) is 4.74. The van der Waals surface area contributed by atoms with Crippen LogP contribution in [0.25, 0.3) is 6.08 Å². The third-order valence-corrected chi connectivity index (χ3v) is 5.77. The van der Waals surface area contributed by atoms with Crippen molar-refractivity contribution in [2.75, 3.05) is 19.6 Å². The van der Waals surface area contributed by atoms with Gasteiger partial charge in [-0.25, -0.2) is 4.39 Å². The van der Waals surface area contributed by atoms with Gasteiger partial charge >= 0.3 is 0 Å². The second kappa shape index (κ2) is 10.6. The third-order valence-electron chi connectivity index (χ3n) is 5.19. The van der Waals surface area contributed by atoms with Gasteiger partial charge in [-0.2, -0.15) is 0 Å². The molecule has 0 radical (unpaired) electrons. The van der Waals surface area contributed by atoms with Crippen molar-refractivity contribution in [2.45, 2.75) is 19.3 Å². The van der Waals surface area contributed by atoms with E-state index in [2.05, 4.69) is 5.32 Å². The summed E-state index contributed by atoms with van der Waals surface area (Å²) in [5, 5.41) is 3.95. The van der Waals surface area contributed by atoms with E-state index in [-0.39, 0.29) is 23.5 Å². The van der Waals surface area contributed by atoms with E-state index in [0.717, 1.165) is 0 Å². The molecule has 1 fully saturated rings. The minimum absolute atomic E-state index is 0.0420. The zero-order valence-corrected chi connectivity index (χ0v) is 17.9. The fourth-order valence-corrected chi connectivity index (χ4v) is 3.80. The Morgan fingerprint density at radius 2 is 1.87 bits per heavy atom. The molecule has 0 spiro atoms. The van der Waals surface area contributed by atoms with Crippen LogP contribution in [0.2, 0.25) is 10.0 Å². The molecular formula is C23H23Cl2FN2O2. The van der Waals surface area contributed by atoms with E-state index in [1.807, 2.05) is 0 Å². The first-order chi connectivity index (χ1) is 14.4. The van der Waals surface area contributed by atoms with E-state index in [1.165, 1.54) is 12.1 Å². The van der Waals surface area contributed by atoms with Gasteiger partial charge in [0.05, 0.1) is 0 Å². The Bertz CT molecular complexity index is 941. The lowest BCUT2D eigenvalue weighted by Gasteiger charge is -2.30. The maximum atomic E-state index is 13.6. The monoisotopic (exact) mass is 448 g/mol. The minimum Gasteiger partial charge on any atom is -0.356 e. The van der Waals surface area contributed by atoms with Gasteiger partial charge < -0.3 is 10.2 Å². The van der Waals surface area contributed by atoms with E-state index in [4.69, 9.17) is 23.2 Å². The van der Waals surface area contributed by atoms with Crippen LogP contribution in [0.1, 0.15) is 24.0 Å². The molecule has 0 unspecified atom stereocenters. The molecule has 158 valence electrons. The molecule has 0 saturated carbocycles. The Kier molecular flexibility index (Phi) is 7.88. The molecule has 0 aliphatic carbocycles. The number of nitrogens with zero attached hydrogens (tertiary/aromatic N) is 1. The molecule has 1 aliphatic rings. The molecule has 0 atom stereocenters. The molecule has 2 amide bonds. The number of hydrogen-bond donors (Lipinski definition) is 1. The van der Waals surface area contributed by atoms with Gasteiger partial charge in [0.25, 0.3) is 0 Å². The minimum atomic E-state index is -0.259. The van der Waals surface area contributed by atoms with Crippen molar-refractivity contribution in [2.24, 2.45) is 5.92 Å². The summed E-state index contributed by atoms with van der Waals surface area (Å²) in [7, 11) is 0. The van der Waals surface area contributed by atoms with Crippen LogP contribution in [-0.4, -0.2) is 36.3 Å². The largest absolute Gasteiger partial charge is 0.356 e. The zero-order valence-electron chi connectivity index (χ0n) is 16.4. The summed E-state index contributed by atoms with van der Waals surface area (Å²) >= 11 is 12.1. The van der Waals surface area contributed by atoms with Crippen LogP contribution >= 0.6 is 23.2 Å². The highest BCUT2D eigenvalue weighted by Crippen LogP contribution is 2.22. The molecular weight excluding hydrogens is 426 g/mol. The molecule has 1 N–H and O–H groups in total. The van der Waals surface area contributed by atoms with Gasteiger partial charge in [-0.3, -0.25) is 9.59 Å². The summed E-state index contributed by atoms with van der Waals surface area (Å²) in [4.78, 5) is 26.5. The number of rotatable bonds is 6. The van der Waals surface area contributed by atoms with Gasteiger partial charge in [0.2, 0.25) is 11.8 Å². The first-order valence-electron chi connectivity index (χ1n) is 9.87. The molecule has 1 aliphatic heterocycles. The molecule has 4 nitrogen and oxygen atoms in total. The van der Waals surface area contributed by atoms with Crippen molar-refractivity contribution in [3.63, 3.8) is 0 Å². The molecule has 7 heteroatoms. The van der Waals surface area contributed by atoms with Gasteiger partial charge in [0.15, 0.2) is 0 Å². The average Bonchev–Trinajstić information content (AvgIpc) is 2.75. The Morgan fingerprint density at radius 3 is 2.60 bits per heavy atom. The number of nitrogens with one attached hydrogen (secondary N) is 1. The van der Waals surface area contributed by atoms with Crippen molar-refractivity contribution in [1.29, 1.82) is 0 Å². The normalized spacial score (nSPS) is 14.8. The number of amides is 2. The molecule has 1 saturated heterocycles. The van der Waals surface area contributed by atoms with E-state index < -0.39 is 0 Å². The number of halogens is 3. The summed E-state index contributed by atoms with van der Waals surface area (Å²) in [6.07, 6.45) is 4.78. The van der Waals surface area contributed by atoms with Crippen LogP contribution in [0.15, 0.2) is 48.5 Å². The van der Waals surface area contributed by atoms with Crippen LogP contribution in [0.3, 0.4) is 0 Å². The van der Waals surface area contributed by atoms with Gasteiger partial charge in [0, 0.05) is 41.7 Å². The van der Waals surface area contributed by atoms with Crippen LogP contribution < -0.4 is 5.32 Å². The van der Waals surface area contributed by atoms with Gasteiger partial charge in [-0.1, -0.05) is 41.4 Å². The highest BCUT2D eigenvalue weighted by molar-refractivity contribution is 6.34. The molecule has 3 rings (SSSR count). The average molecular weight is 449 g/mol. The van der Waals surface area contributed by atoms with Crippen molar-refractivity contribution >= 4 is 41.1 Å². The van der Waals surface area contributed by atoms with Crippen LogP contribution in [0.4, 0.5) is 4.39 Å². The smallest absolute Gasteiger partial charge is 0.246 e. The summed E-state index contributed by atoms with van der Waals surface area (Å²) in [6, 6.07) is 11.6. The predicted molar refractivity (Wildman–Crippen MR) is 118 cm³/mol. The van der Waals surface area contributed by atoms with Crippen LogP contribution in [0.5, 0.6) is 0 Å². The molecule has 30 heavy (non-hydrogen) atoms. The van der Waals surface area contributed by atoms with Crippen molar-refractivity contribution < 1.29 is 14.0 Å². The second-order valence-electron chi connectivity index (χ2n) is 7.23. The first kappa shape index (κ1) is 22.3. The van der Waals surface area contributed by atoms with Gasteiger partial charge in [-0.05, 0) is 60.7 Å². The standard InChI is InChI=1S/C23H23Cl2FN2O2/c24-19-6-7-20(25)18(15-19)5-8-22(29)28-13-10-17(11-14-28)23(30)27-12-9-16-3-1-2-4-21(16)26/h1-8,15,17H,9-14H2,(H,27,30). The summed E-state index contributed by atoms with van der Waals surface area (Å²) in [6.45, 7) is 1.41.